The minimum atomic E-state index is -4.66. The SMILES string of the molecule is CCS(=O)(=O)c1ccc(CC(=O)Nc2ccc(-c3ccccc3Cl)c(C(F)(F)F)c2)cc1. The molecule has 0 atom stereocenters. The number of alkyl halides is 3. The van der Waals surface area contributed by atoms with E-state index in [1.54, 1.807) is 12.1 Å². The second kappa shape index (κ2) is 9.34. The van der Waals surface area contributed by atoms with Gasteiger partial charge in [-0.1, -0.05) is 54.9 Å². The molecule has 3 aromatic carbocycles. The first kappa shape index (κ1) is 23.8. The molecule has 0 aliphatic rings. The van der Waals surface area contributed by atoms with E-state index in [4.69, 9.17) is 11.6 Å². The Morgan fingerprint density at radius 1 is 0.969 bits per heavy atom. The highest BCUT2D eigenvalue weighted by molar-refractivity contribution is 7.91. The van der Waals surface area contributed by atoms with E-state index in [2.05, 4.69) is 5.32 Å². The first-order valence-corrected chi connectivity index (χ1v) is 11.6. The summed E-state index contributed by atoms with van der Waals surface area (Å²) < 4.78 is 64.8. The monoisotopic (exact) mass is 481 g/mol. The van der Waals surface area contributed by atoms with Crippen LogP contribution in [0.15, 0.2) is 71.6 Å². The van der Waals surface area contributed by atoms with Gasteiger partial charge in [-0.05, 0) is 41.5 Å². The lowest BCUT2D eigenvalue weighted by Gasteiger charge is -2.16. The number of carbonyl (C=O) groups excluding carboxylic acids is 1. The lowest BCUT2D eigenvalue weighted by Crippen LogP contribution is -2.16. The number of benzene rings is 3. The van der Waals surface area contributed by atoms with Gasteiger partial charge in [-0.15, -0.1) is 0 Å². The molecular formula is C23H19ClF3NO3S. The van der Waals surface area contributed by atoms with Crippen LogP contribution in [-0.2, 0) is 27.2 Å². The van der Waals surface area contributed by atoms with Gasteiger partial charge in [0, 0.05) is 16.3 Å². The summed E-state index contributed by atoms with van der Waals surface area (Å²) in [5.41, 5.74) is -0.252. The Kier molecular flexibility index (Phi) is 6.95. The molecule has 168 valence electrons. The third kappa shape index (κ3) is 5.49. The lowest BCUT2D eigenvalue weighted by molar-refractivity contribution is -0.137. The molecule has 0 bridgehead atoms. The van der Waals surface area contributed by atoms with Crippen molar-refractivity contribution in [3.8, 4) is 11.1 Å². The Labute approximate surface area is 189 Å². The van der Waals surface area contributed by atoms with E-state index >= 15 is 0 Å². The van der Waals surface area contributed by atoms with Gasteiger partial charge in [0.05, 0.1) is 22.6 Å². The number of hydrogen-bond donors (Lipinski definition) is 1. The summed E-state index contributed by atoms with van der Waals surface area (Å²) in [6.07, 6.45) is -4.78. The summed E-state index contributed by atoms with van der Waals surface area (Å²) in [6.45, 7) is 1.53. The highest BCUT2D eigenvalue weighted by atomic mass is 35.5. The van der Waals surface area contributed by atoms with Gasteiger partial charge in [-0.2, -0.15) is 13.2 Å². The highest BCUT2D eigenvalue weighted by Gasteiger charge is 2.34. The predicted octanol–water partition coefficient (Wildman–Crippen LogP) is 6.00. The van der Waals surface area contributed by atoms with Crippen molar-refractivity contribution in [2.75, 3.05) is 11.1 Å². The number of carbonyl (C=O) groups is 1. The molecule has 3 rings (SSSR count). The molecule has 0 saturated heterocycles. The zero-order valence-electron chi connectivity index (χ0n) is 16.9. The van der Waals surface area contributed by atoms with Crippen molar-refractivity contribution in [3.05, 3.63) is 82.9 Å². The number of hydrogen-bond acceptors (Lipinski definition) is 3. The molecule has 3 aromatic rings. The number of sulfone groups is 1. The third-order valence-electron chi connectivity index (χ3n) is 4.80. The zero-order valence-corrected chi connectivity index (χ0v) is 18.5. The standard InChI is InChI=1S/C23H19ClF3NO3S/c1-2-32(30,31)17-10-7-15(8-11-17)13-22(29)28-16-9-12-18(20(14-16)23(25,26)27)19-5-3-4-6-21(19)24/h3-12,14H,2,13H2,1H3,(H,28,29). The Morgan fingerprint density at radius 3 is 2.22 bits per heavy atom. The highest BCUT2D eigenvalue weighted by Crippen LogP contribution is 2.40. The van der Waals surface area contributed by atoms with Crippen LogP contribution in [0.1, 0.15) is 18.1 Å². The summed E-state index contributed by atoms with van der Waals surface area (Å²) in [4.78, 5) is 12.5. The van der Waals surface area contributed by atoms with Crippen LogP contribution in [0.4, 0.5) is 18.9 Å². The van der Waals surface area contributed by atoms with E-state index in [1.807, 2.05) is 0 Å². The minimum Gasteiger partial charge on any atom is -0.326 e. The molecule has 9 heteroatoms. The Balaban J connectivity index is 1.82. The molecule has 4 nitrogen and oxygen atoms in total. The summed E-state index contributed by atoms with van der Waals surface area (Å²) in [6, 6.07) is 15.5. The van der Waals surface area contributed by atoms with Crippen molar-refractivity contribution in [2.45, 2.75) is 24.4 Å². The van der Waals surface area contributed by atoms with Crippen LogP contribution < -0.4 is 5.32 Å². The van der Waals surface area contributed by atoms with Crippen molar-refractivity contribution in [2.24, 2.45) is 0 Å². The smallest absolute Gasteiger partial charge is 0.326 e. The maximum absolute atomic E-state index is 13.7. The van der Waals surface area contributed by atoms with Gasteiger partial charge in [0.25, 0.3) is 0 Å². The van der Waals surface area contributed by atoms with Gasteiger partial charge in [0.15, 0.2) is 9.84 Å². The Morgan fingerprint density at radius 2 is 1.62 bits per heavy atom. The normalized spacial score (nSPS) is 11.9. The lowest BCUT2D eigenvalue weighted by atomic mass is 9.98. The van der Waals surface area contributed by atoms with Crippen LogP contribution in [0, 0.1) is 0 Å². The van der Waals surface area contributed by atoms with Crippen LogP contribution in [-0.4, -0.2) is 20.1 Å². The quantitative estimate of drug-likeness (QED) is 0.469. The van der Waals surface area contributed by atoms with E-state index in [0.717, 1.165) is 6.07 Å². The van der Waals surface area contributed by atoms with Crippen LogP contribution in [0.3, 0.4) is 0 Å². The molecule has 1 amide bonds. The van der Waals surface area contributed by atoms with E-state index in [1.165, 1.54) is 55.5 Å². The predicted molar refractivity (Wildman–Crippen MR) is 118 cm³/mol. The van der Waals surface area contributed by atoms with Gasteiger partial charge in [0.2, 0.25) is 5.91 Å². The van der Waals surface area contributed by atoms with Crippen molar-refractivity contribution in [3.63, 3.8) is 0 Å². The number of nitrogens with one attached hydrogen (secondary N) is 1. The molecule has 0 radical (unpaired) electrons. The fourth-order valence-corrected chi connectivity index (χ4v) is 4.26. The van der Waals surface area contributed by atoms with Crippen molar-refractivity contribution in [1.82, 2.24) is 0 Å². The molecule has 1 N–H and O–H groups in total. The zero-order chi connectivity index (χ0) is 23.5. The molecule has 0 aromatic heterocycles. The summed E-state index contributed by atoms with van der Waals surface area (Å²) >= 11 is 6.07. The summed E-state index contributed by atoms with van der Waals surface area (Å²) in [7, 11) is -3.36. The molecule has 0 aliphatic carbocycles. The first-order chi connectivity index (χ1) is 15.0. The topological polar surface area (TPSA) is 63.2 Å². The number of amides is 1. The maximum Gasteiger partial charge on any atom is 0.417 e. The second-order valence-corrected chi connectivity index (χ2v) is 9.70. The fourth-order valence-electron chi connectivity index (χ4n) is 3.14. The largest absolute Gasteiger partial charge is 0.417 e. The molecule has 0 spiro atoms. The molecular weight excluding hydrogens is 463 g/mol. The number of halogens is 4. The van der Waals surface area contributed by atoms with E-state index in [0.29, 0.717) is 5.56 Å². The van der Waals surface area contributed by atoms with Crippen molar-refractivity contribution < 1.29 is 26.4 Å². The average molecular weight is 482 g/mol. The number of anilines is 1. The molecule has 0 fully saturated rings. The van der Waals surface area contributed by atoms with Crippen molar-refractivity contribution >= 4 is 33.0 Å². The fraction of sp³-hybridized carbons (Fsp3) is 0.174. The summed E-state index contributed by atoms with van der Waals surface area (Å²) in [5.74, 6) is -0.576. The molecule has 0 aliphatic heterocycles. The molecule has 32 heavy (non-hydrogen) atoms. The minimum absolute atomic E-state index is 0.0108. The first-order valence-electron chi connectivity index (χ1n) is 9.59. The Bertz CT molecular complexity index is 1240. The van der Waals surface area contributed by atoms with Gasteiger partial charge >= 0.3 is 6.18 Å². The molecule has 0 heterocycles. The number of rotatable bonds is 6. The van der Waals surface area contributed by atoms with Crippen molar-refractivity contribution in [1.29, 1.82) is 0 Å². The van der Waals surface area contributed by atoms with E-state index < -0.39 is 27.5 Å². The van der Waals surface area contributed by atoms with Crippen LogP contribution in [0.2, 0.25) is 5.02 Å². The van der Waals surface area contributed by atoms with Gasteiger partial charge in [0.1, 0.15) is 0 Å². The van der Waals surface area contributed by atoms with Crippen LogP contribution >= 0.6 is 11.6 Å². The third-order valence-corrected chi connectivity index (χ3v) is 6.88. The van der Waals surface area contributed by atoms with Gasteiger partial charge < -0.3 is 5.32 Å². The molecule has 0 unspecified atom stereocenters. The summed E-state index contributed by atoms with van der Waals surface area (Å²) in [5, 5.41) is 2.65. The van der Waals surface area contributed by atoms with Gasteiger partial charge in [-0.3, -0.25) is 4.79 Å². The van der Waals surface area contributed by atoms with Crippen LogP contribution in [0.5, 0.6) is 0 Å². The van der Waals surface area contributed by atoms with Gasteiger partial charge in [-0.25, -0.2) is 8.42 Å². The molecule has 0 saturated carbocycles. The van der Waals surface area contributed by atoms with Crippen LogP contribution in [0.25, 0.3) is 11.1 Å². The maximum atomic E-state index is 13.7. The Hall–Kier alpha value is -2.84. The van der Waals surface area contributed by atoms with E-state index in [-0.39, 0.29) is 38.9 Å². The second-order valence-electron chi connectivity index (χ2n) is 7.01. The average Bonchev–Trinajstić information content (AvgIpc) is 2.74. The van der Waals surface area contributed by atoms with E-state index in [9.17, 15) is 26.4 Å².